The van der Waals surface area contributed by atoms with Gasteiger partial charge in [0.1, 0.15) is 0 Å². The molecular weight excluding hydrogens is 160 g/mol. The van der Waals surface area contributed by atoms with Gasteiger partial charge in [0.2, 0.25) is 0 Å². The molecule has 13 heavy (non-hydrogen) atoms. The summed E-state index contributed by atoms with van der Waals surface area (Å²) in [5.74, 6) is 0.755. The summed E-state index contributed by atoms with van der Waals surface area (Å²) in [7, 11) is 2.04. The monoisotopic (exact) mass is 184 g/mol. The molecule has 0 aromatic heterocycles. The number of nitrogens with one attached hydrogen (secondary N) is 1. The van der Waals surface area contributed by atoms with E-state index in [4.69, 9.17) is 0 Å². The van der Waals surface area contributed by atoms with Crippen molar-refractivity contribution in [2.75, 3.05) is 20.1 Å². The van der Waals surface area contributed by atoms with E-state index in [0.717, 1.165) is 24.5 Å². The Morgan fingerprint density at radius 2 is 2.15 bits per heavy atom. The lowest BCUT2D eigenvalue weighted by molar-refractivity contribution is 0.155. The molecule has 1 rings (SSSR count). The van der Waals surface area contributed by atoms with Crippen molar-refractivity contribution in [3.63, 3.8) is 0 Å². The molecule has 2 nitrogen and oxygen atoms in total. The normalized spacial score (nSPS) is 29.1. The topological polar surface area (TPSA) is 15.3 Å². The average Bonchev–Trinajstić information content (AvgIpc) is 2.50. The van der Waals surface area contributed by atoms with Gasteiger partial charge in [-0.3, -0.25) is 4.90 Å². The van der Waals surface area contributed by atoms with Gasteiger partial charge in [0.15, 0.2) is 0 Å². The Balaban J connectivity index is 2.40. The zero-order valence-electron chi connectivity index (χ0n) is 9.51. The van der Waals surface area contributed by atoms with Crippen LogP contribution in [0.2, 0.25) is 0 Å². The maximum atomic E-state index is 3.26. The minimum atomic E-state index is 0.727. The Labute approximate surface area is 82.7 Å². The quantitative estimate of drug-likeness (QED) is 0.715. The average molecular weight is 184 g/mol. The van der Waals surface area contributed by atoms with E-state index < -0.39 is 0 Å². The maximum absolute atomic E-state index is 3.26. The molecule has 0 bridgehead atoms. The standard InChI is InChI=1S/C11H24N2/c1-9(8-12-4)11(3)13-7-5-6-10(13)2/h9-12H,5-8H2,1-4H3. The first-order valence-electron chi connectivity index (χ1n) is 5.57. The second kappa shape index (κ2) is 4.97. The molecule has 1 fully saturated rings. The van der Waals surface area contributed by atoms with Gasteiger partial charge in [0.25, 0.3) is 0 Å². The van der Waals surface area contributed by atoms with Crippen molar-refractivity contribution in [2.24, 2.45) is 5.92 Å². The number of hydrogen-bond acceptors (Lipinski definition) is 2. The van der Waals surface area contributed by atoms with Gasteiger partial charge in [-0.1, -0.05) is 6.92 Å². The summed E-state index contributed by atoms with van der Waals surface area (Å²) in [6, 6.07) is 1.53. The molecule has 3 atom stereocenters. The van der Waals surface area contributed by atoms with Crippen LogP contribution >= 0.6 is 0 Å². The van der Waals surface area contributed by atoms with Crippen molar-refractivity contribution in [3.8, 4) is 0 Å². The fraction of sp³-hybridized carbons (Fsp3) is 1.00. The molecule has 1 heterocycles. The molecular formula is C11H24N2. The minimum absolute atomic E-state index is 0.727. The molecule has 78 valence electrons. The molecule has 0 aromatic carbocycles. The highest BCUT2D eigenvalue weighted by Crippen LogP contribution is 2.22. The van der Waals surface area contributed by atoms with E-state index in [2.05, 4.69) is 31.0 Å². The van der Waals surface area contributed by atoms with Crippen molar-refractivity contribution in [2.45, 2.75) is 45.7 Å². The van der Waals surface area contributed by atoms with Gasteiger partial charge in [-0.2, -0.15) is 0 Å². The summed E-state index contributed by atoms with van der Waals surface area (Å²) in [5.41, 5.74) is 0. The first-order valence-corrected chi connectivity index (χ1v) is 5.57. The molecule has 1 saturated heterocycles. The molecule has 1 aliphatic rings. The third-order valence-electron chi connectivity index (χ3n) is 3.48. The van der Waals surface area contributed by atoms with Gasteiger partial charge in [0.05, 0.1) is 0 Å². The summed E-state index contributed by atoms with van der Waals surface area (Å²) < 4.78 is 0. The summed E-state index contributed by atoms with van der Waals surface area (Å²) >= 11 is 0. The summed E-state index contributed by atoms with van der Waals surface area (Å²) in [4.78, 5) is 2.65. The lowest BCUT2D eigenvalue weighted by atomic mass is 10.0. The summed E-state index contributed by atoms with van der Waals surface area (Å²) in [6.07, 6.45) is 2.77. The molecule has 0 aromatic rings. The van der Waals surface area contributed by atoms with Crippen LogP contribution in [0, 0.1) is 5.92 Å². The predicted molar refractivity (Wildman–Crippen MR) is 58.0 cm³/mol. The Morgan fingerprint density at radius 3 is 2.62 bits per heavy atom. The van der Waals surface area contributed by atoms with E-state index >= 15 is 0 Å². The first-order chi connectivity index (χ1) is 6.16. The fourth-order valence-corrected chi connectivity index (χ4v) is 2.38. The van der Waals surface area contributed by atoms with E-state index in [1.54, 1.807) is 0 Å². The van der Waals surface area contributed by atoms with E-state index in [1.165, 1.54) is 19.4 Å². The largest absolute Gasteiger partial charge is 0.319 e. The fourth-order valence-electron chi connectivity index (χ4n) is 2.38. The maximum Gasteiger partial charge on any atom is 0.0107 e. The van der Waals surface area contributed by atoms with Crippen LogP contribution in [0.15, 0.2) is 0 Å². The van der Waals surface area contributed by atoms with Crippen molar-refractivity contribution < 1.29 is 0 Å². The SMILES string of the molecule is CNCC(C)C(C)N1CCCC1C. The Morgan fingerprint density at radius 1 is 1.46 bits per heavy atom. The summed E-state index contributed by atoms with van der Waals surface area (Å²) in [6.45, 7) is 9.49. The highest BCUT2D eigenvalue weighted by Gasteiger charge is 2.27. The zero-order chi connectivity index (χ0) is 9.84. The van der Waals surface area contributed by atoms with Crippen molar-refractivity contribution in [3.05, 3.63) is 0 Å². The van der Waals surface area contributed by atoms with Crippen molar-refractivity contribution in [1.82, 2.24) is 10.2 Å². The predicted octanol–water partition coefficient (Wildman–Crippen LogP) is 1.71. The highest BCUT2D eigenvalue weighted by atomic mass is 15.2. The van der Waals surface area contributed by atoms with E-state index in [0.29, 0.717) is 0 Å². The molecule has 0 radical (unpaired) electrons. The zero-order valence-corrected chi connectivity index (χ0v) is 9.51. The summed E-state index contributed by atoms with van der Waals surface area (Å²) in [5, 5.41) is 3.26. The lowest BCUT2D eigenvalue weighted by Crippen LogP contribution is -2.42. The Hall–Kier alpha value is -0.0800. The third-order valence-corrected chi connectivity index (χ3v) is 3.48. The molecule has 1 N–H and O–H groups in total. The van der Waals surface area contributed by atoms with Crippen LogP contribution < -0.4 is 5.32 Å². The Bertz CT molecular complexity index is 147. The van der Waals surface area contributed by atoms with Gasteiger partial charge < -0.3 is 5.32 Å². The number of rotatable bonds is 4. The van der Waals surface area contributed by atoms with Crippen molar-refractivity contribution in [1.29, 1.82) is 0 Å². The minimum Gasteiger partial charge on any atom is -0.319 e. The number of likely N-dealkylation sites (tertiary alicyclic amines) is 1. The van der Waals surface area contributed by atoms with Gasteiger partial charge in [-0.25, -0.2) is 0 Å². The van der Waals surface area contributed by atoms with Crippen molar-refractivity contribution >= 4 is 0 Å². The Kier molecular flexibility index (Phi) is 4.20. The van der Waals surface area contributed by atoms with Crippen LogP contribution in [0.4, 0.5) is 0 Å². The lowest BCUT2D eigenvalue weighted by Gasteiger charge is -2.32. The van der Waals surface area contributed by atoms with Crippen LogP contribution in [0.1, 0.15) is 33.6 Å². The second-order valence-electron chi connectivity index (χ2n) is 4.50. The molecule has 0 amide bonds. The molecule has 2 heteroatoms. The molecule has 1 aliphatic heterocycles. The smallest absolute Gasteiger partial charge is 0.0107 e. The van der Waals surface area contributed by atoms with E-state index in [9.17, 15) is 0 Å². The van der Waals surface area contributed by atoms with Crippen LogP contribution in [0.5, 0.6) is 0 Å². The molecule has 3 unspecified atom stereocenters. The number of nitrogens with zero attached hydrogens (tertiary/aromatic N) is 1. The van der Waals surface area contributed by atoms with Crippen LogP contribution in [0.3, 0.4) is 0 Å². The molecule has 0 saturated carbocycles. The van der Waals surface area contributed by atoms with Gasteiger partial charge >= 0.3 is 0 Å². The molecule has 0 spiro atoms. The highest BCUT2D eigenvalue weighted by molar-refractivity contribution is 4.82. The molecule has 0 aliphatic carbocycles. The first kappa shape index (κ1) is 11.0. The van der Waals surface area contributed by atoms with Gasteiger partial charge in [0, 0.05) is 12.1 Å². The van der Waals surface area contributed by atoms with Crippen LogP contribution in [0.25, 0.3) is 0 Å². The number of hydrogen-bond donors (Lipinski definition) is 1. The van der Waals surface area contributed by atoms with Crippen LogP contribution in [-0.2, 0) is 0 Å². The van der Waals surface area contributed by atoms with Gasteiger partial charge in [-0.15, -0.1) is 0 Å². The third kappa shape index (κ3) is 2.68. The second-order valence-corrected chi connectivity index (χ2v) is 4.50. The van der Waals surface area contributed by atoms with E-state index in [1.807, 2.05) is 7.05 Å². The van der Waals surface area contributed by atoms with Gasteiger partial charge in [-0.05, 0) is 52.7 Å². The van der Waals surface area contributed by atoms with Crippen LogP contribution in [-0.4, -0.2) is 37.1 Å². The van der Waals surface area contributed by atoms with E-state index in [-0.39, 0.29) is 0 Å².